The molecule has 0 bridgehead atoms. The quantitative estimate of drug-likeness (QED) is 0.259. The van der Waals surface area contributed by atoms with Gasteiger partial charge in [0.25, 0.3) is 0 Å². The summed E-state index contributed by atoms with van der Waals surface area (Å²) < 4.78 is 5.17. The molecule has 0 aliphatic rings. The highest BCUT2D eigenvalue weighted by atomic mass is 16.5. The standard InChI is InChI=1S/C22H34O2/c1-4-5-6-7-8-9-10-20-11-13-21(14-12-20)15-16-22(23)24-18-17-19(2)3/h11-16,19H,4-10,17-18H2,1-3H3/b16-15+. The zero-order valence-corrected chi connectivity index (χ0v) is 15.7. The Kier molecular flexibility index (Phi) is 10.9. The van der Waals surface area contributed by atoms with E-state index >= 15 is 0 Å². The van der Waals surface area contributed by atoms with Crippen molar-refractivity contribution in [1.29, 1.82) is 0 Å². The van der Waals surface area contributed by atoms with E-state index < -0.39 is 0 Å². The summed E-state index contributed by atoms with van der Waals surface area (Å²) in [6, 6.07) is 8.47. The van der Waals surface area contributed by atoms with Crippen LogP contribution in [-0.4, -0.2) is 12.6 Å². The smallest absolute Gasteiger partial charge is 0.330 e. The topological polar surface area (TPSA) is 26.3 Å². The molecule has 0 spiro atoms. The first-order valence-corrected chi connectivity index (χ1v) is 9.55. The van der Waals surface area contributed by atoms with Crippen molar-refractivity contribution in [1.82, 2.24) is 0 Å². The first-order chi connectivity index (χ1) is 11.6. The van der Waals surface area contributed by atoms with Crippen LogP contribution in [0.2, 0.25) is 0 Å². The molecule has 0 amide bonds. The van der Waals surface area contributed by atoms with Crippen molar-refractivity contribution in [3.8, 4) is 0 Å². The summed E-state index contributed by atoms with van der Waals surface area (Å²) in [7, 11) is 0. The van der Waals surface area contributed by atoms with Crippen molar-refractivity contribution in [2.24, 2.45) is 5.92 Å². The summed E-state index contributed by atoms with van der Waals surface area (Å²) in [5.74, 6) is 0.299. The van der Waals surface area contributed by atoms with E-state index in [4.69, 9.17) is 4.74 Å². The monoisotopic (exact) mass is 330 g/mol. The van der Waals surface area contributed by atoms with Gasteiger partial charge in [-0.15, -0.1) is 0 Å². The average Bonchev–Trinajstić information content (AvgIpc) is 2.57. The van der Waals surface area contributed by atoms with E-state index in [1.807, 2.05) is 6.08 Å². The normalized spacial score (nSPS) is 11.3. The molecule has 1 aromatic rings. The zero-order chi connectivity index (χ0) is 17.6. The number of rotatable bonds is 12. The third-order valence-corrected chi connectivity index (χ3v) is 4.15. The molecule has 1 rings (SSSR count). The molecule has 0 aliphatic heterocycles. The largest absolute Gasteiger partial charge is 0.463 e. The fourth-order valence-corrected chi connectivity index (χ4v) is 2.51. The van der Waals surface area contributed by atoms with Crippen molar-refractivity contribution in [3.05, 3.63) is 41.5 Å². The fraction of sp³-hybridized carbons (Fsp3) is 0.591. The Balaban J connectivity index is 2.26. The molecule has 0 N–H and O–H groups in total. The molecule has 0 aromatic heterocycles. The lowest BCUT2D eigenvalue weighted by Gasteiger charge is -2.04. The van der Waals surface area contributed by atoms with E-state index in [2.05, 4.69) is 45.0 Å². The second kappa shape index (κ2) is 12.8. The number of aryl methyl sites for hydroxylation is 1. The van der Waals surface area contributed by atoms with Crippen molar-refractivity contribution in [2.75, 3.05) is 6.61 Å². The molecule has 134 valence electrons. The molecule has 0 saturated carbocycles. The highest BCUT2D eigenvalue weighted by Crippen LogP contribution is 2.12. The van der Waals surface area contributed by atoms with Crippen LogP contribution in [0.1, 0.15) is 76.8 Å². The van der Waals surface area contributed by atoms with Gasteiger partial charge in [0.05, 0.1) is 6.61 Å². The van der Waals surface area contributed by atoms with Gasteiger partial charge in [-0.2, -0.15) is 0 Å². The van der Waals surface area contributed by atoms with Gasteiger partial charge in [-0.1, -0.05) is 77.1 Å². The summed E-state index contributed by atoms with van der Waals surface area (Å²) in [5, 5.41) is 0. The third kappa shape index (κ3) is 10.3. The van der Waals surface area contributed by atoms with Crippen LogP contribution in [-0.2, 0) is 16.0 Å². The summed E-state index contributed by atoms with van der Waals surface area (Å²) in [5.41, 5.74) is 2.42. The molecule has 0 aliphatic carbocycles. The van der Waals surface area contributed by atoms with Crippen LogP contribution >= 0.6 is 0 Å². The molecule has 2 heteroatoms. The van der Waals surface area contributed by atoms with Gasteiger partial charge in [0.15, 0.2) is 0 Å². The van der Waals surface area contributed by atoms with Gasteiger partial charge in [-0.25, -0.2) is 4.79 Å². The summed E-state index contributed by atoms with van der Waals surface area (Å²) in [4.78, 5) is 11.6. The Hall–Kier alpha value is -1.57. The van der Waals surface area contributed by atoms with Crippen molar-refractivity contribution < 1.29 is 9.53 Å². The number of carbonyl (C=O) groups is 1. The molecule has 0 atom stereocenters. The molecular formula is C22H34O2. The Labute approximate surface area is 148 Å². The number of hydrogen-bond acceptors (Lipinski definition) is 2. The highest BCUT2D eigenvalue weighted by Gasteiger charge is 1.99. The lowest BCUT2D eigenvalue weighted by Crippen LogP contribution is -2.04. The van der Waals surface area contributed by atoms with Crippen molar-refractivity contribution >= 4 is 12.0 Å². The van der Waals surface area contributed by atoms with Crippen LogP contribution in [0.25, 0.3) is 6.08 Å². The molecule has 0 radical (unpaired) electrons. The number of hydrogen-bond donors (Lipinski definition) is 0. The number of benzene rings is 1. The van der Waals surface area contributed by atoms with Gasteiger partial charge in [0.1, 0.15) is 0 Å². The Morgan fingerprint density at radius 1 is 1.04 bits per heavy atom. The predicted molar refractivity (Wildman–Crippen MR) is 103 cm³/mol. The van der Waals surface area contributed by atoms with Crippen LogP contribution in [0.5, 0.6) is 0 Å². The van der Waals surface area contributed by atoms with E-state index in [1.165, 1.54) is 50.2 Å². The van der Waals surface area contributed by atoms with Gasteiger partial charge < -0.3 is 4.74 Å². The van der Waals surface area contributed by atoms with Crippen LogP contribution in [0.15, 0.2) is 30.3 Å². The van der Waals surface area contributed by atoms with Gasteiger partial charge in [-0.05, 0) is 42.4 Å². The minimum Gasteiger partial charge on any atom is -0.463 e. The SMILES string of the molecule is CCCCCCCCc1ccc(/C=C/C(=O)OCCC(C)C)cc1. The zero-order valence-electron chi connectivity index (χ0n) is 15.7. The van der Waals surface area contributed by atoms with Crippen LogP contribution in [0, 0.1) is 5.92 Å². The third-order valence-electron chi connectivity index (χ3n) is 4.15. The van der Waals surface area contributed by atoms with Gasteiger partial charge >= 0.3 is 5.97 Å². The Morgan fingerprint density at radius 2 is 1.71 bits per heavy atom. The second-order valence-electron chi connectivity index (χ2n) is 6.94. The number of unbranched alkanes of at least 4 members (excludes halogenated alkanes) is 5. The van der Waals surface area contributed by atoms with Crippen molar-refractivity contribution in [3.63, 3.8) is 0 Å². The maximum atomic E-state index is 11.6. The lowest BCUT2D eigenvalue weighted by atomic mass is 10.0. The van der Waals surface area contributed by atoms with Crippen LogP contribution in [0.4, 0.5) is 0 Å². The second-order valence-corrected chi connectivity index (χ2v) is 6.94. The summed E-state index contributed by atoms with van der Waals surface area (Å²) in [6.45, 7) is 6.99. The molecule has 24 heavy (non-hydrogen) atoms. The van der Waals surface area contributed by atoms with E-state index in [9.17, 15) is 4.79 Å². The first-order valence-electron chi connectivity index (χ1n) is 9.55. The molecule has 0 unspecified atom stereocenters. The fourth-order valence-electron chi connectivity index (χ4n) is 2.51. The summed E-state index contributed by atoms with van der Waals surface area (Å²) in [6.07, 6.45) is 13.4. The molecule has 1 aromatic carbocycles. The van der Waals surface area contributed by atoms with Gasteiger partial charge in [0, 0.05) is 6.08 Å². The van der Waals surface area contributed by atoms with Crippen LogP contribution < -0.4 is 0 Å². The Bertz CT molecular complexity index is 471. The van der Waals surface area contributed by atoms with Gasteiger partial charge in [-0.3, -0.25) is 0 Å². The molecule has 0 saturated heterocycles. The van der Waals surface area contributed by atoms with E-state index in [0.717, 1.165) is 18.4 Å². The van der Waals surface area contributed by atoms with E-state index in [1.54, 1.807) is 0 Å². The lowest BCUT2D eigenvalue weighted by molar-refractivity contribution is -0.137. The molecular weight excluding hydrogens is 296 g/mol. The number of esters is 1. The van der Waals surface area contributed by atoms with Gasteiger partial charge in [0.2, 0.25) is 0 Å². The maximum Gasteiger partial charge on any atom is 0.330 e. The Morgan fingerprint density at radius 3 is 2.38 bits per heavy atom. The number of ether oxygens (including phenoxy) is 1. The van der Waals surface area contributed by atoms with Crippen molar-refractivity contribution in [2.45, 2.75) is 72.1 Å². The minimum absolute atomic E-state index is 0.258. The predicted octanol–water partition coefficient (Wildman–Crippen LogP) is 6.19. The highest BCUT2D eigenvalue weighted by molar-refractivity contribution is 5.87. The summed E-state index contributed by atoms with van der Waals surface area (Å²) >= 11 is 0. The molecule has 0 heterocycles. The molecule has 0 fully saturated rings. The number of carbonyl (C=O) groups excluding carboxylic acids is 1. The minimum atomic E-state index is -0.258. The average molecular weight is 331 g/mol. The first kappa shape index (κ1) is 20.5. The maximum absolute atomic E-state index is 11.6. The van der Waals surface area contributed by atoms with Crippen LogP contribution in [0.3, 0.4) is 0 Å². The van der Waals surface area contributed by atoms with E-state index in [-0.39, 0.29) is 5.97 Å². The van der Waals surface area contributed by atoms with E-state index in [0.29, 0.717) is 12.5 Å². The molecule has 2 nitrogen and oxygen atoms in total.